The maximum absolute atomic E-state index is 12.3. The third-order valence-corrected chi connectivity index (χ3v) is 4.52. The molecule has 140 valence electrons. The van der Waals surface area contributed by atoms with Crippen LogP contribution in [-0.2, 0) is 6.42 Å². The Balaban J connectivity index is 1.62. The van der Waals surface area contributed by atoms with Crippen LogP contribution in [0.3, 0.4) is 0 Å². The van der Waals surface area contributed by atoms with Crippen molar-refractivity contribution in [2.45, 2.75) is 31.9 Å². The number of imidazole rings is 1. The molecule has 3 aromatic rings. The van der Waals surface area contributed by atoms with Crippen LogP contribution in [0.25, 0.3) is 11.2 Å². The summed E-state index contributed by atoms with van der Waals surface area (Å²) < 4.78 is 38.9. The number of anilines is 1. The predicted octanol–water partition coefficient (Wildman–Crippen LogP) is 4.26. The first kappa shape index (κ1) is 17.5. The molecule has 5 nitrogen and oxygen atoms in total. The molecular formula is C19H18F3N5. The summed E-state index contributed by atoms with van der Waals surface area (Å²) in [7, 11) is 0. The van der Waals surface area contributed by atoms with Crippen molar-refractivity contribution in [3.8, 4) is 0 Å². The summed E-state index contributed by atoms with van der Waals surface area (Å²) in [5.74, 6) is 0.240. The van der Waals surface area contributed by atoms with E-state index in [4.69, 9.17) is 0 Å². The summed E-state index contributed by atoms with van der Waals surface area (Å²) in [6.45, 7) is -0.234. The molecule has 3 aromatic heterocycles. The number of nitrogens with zero attached hydrogens (tertiary/aromatic N) is 4. The third-order valence-electron chi connectivity index (χ3n) is 4.52. The summed E-state index contributed by atoms with van der Waals surface area (Å²) in [6, 6.07) is 3.97. The number of aromatic nitrogens is 4. The second-order valence-corrected chi connectivity index (χ2v) is 6.47. The molecule has 0 radical (unpaired) electrons. The highest BCUT2D eigenvalue weighted by molar-refractivity contribution is 5.81. The van der Waals surface area contributed by atoms with Crippen molar-refractivity contribution in [2.24, 2.45) is 0 Å². The van der Waals surface area contributed by atoms with E-state index in [9.17, 15) is 13.2 Å². The summed E-state index contributed by atoms with van der Waals surface area (Å²) in [4.78, 5) is 13.0. The molecule has 3 heterocycles. The molecule has 1 aliphatic rings. The quantitative estimate of drug-likeness (QED) is 0.743. The topological polar surface area (TPSA) is 55.1 Å². The highest BCUT2D eigenvalue weighted by atomic mass is 19.4. The molecule has 1 aliphatic carbocycles. The second kappa shape index (κ2) is 7.02. The van der Waals surface area contributed by atoms with E-state index in [0.717, 1.165) is 47.3 Å². The number of hydrogen-bond acceptors (Lipinski definition) is 4. The smallest absolute Gasteiger partial charge is 0.354 e. The van der Waals surface area contributed by atoms with Gasteiger partial charge in [-0.3, -0.25) is 0 Å². The summed E-state index contributed by atoms with van der Waals surface area (Å²) in [5, 5.41) is 2.67. The van der Waals surface area contributed by atoms with Crippen molar-refractivity contribution in [1.82, 2.24) is 19.4 Å². The largest absolute Gasteiger partial charge is 0.390 e. The molecule has 0 spiro atoms. The lowest BCUT2D eigenvalue weighted by Gasteiger charge is -2.13. The second-order valence-electron chi connectivity index (χ2n) is 6.47. The van der Waals surface area contributed by atoms with Gasteiger partial charge < -0.3 is 9.72 Å². The highest BCUT2D eigenvalue weighted by Crippen LogP contribution is 2.30. The number of hydrogen-bond donors (Lipinski definition) is 1. The Morgan fingerprint density at radius 3 is 2.93 bits per heavy atom. The van der Waals surface area contributed by atoms with Gasteiger partial charge in [0.25, 0.3) is 0 Å². The van der Waals surface area contributed by atoms with E-state index in [1.807, 2.05) is 28.9 Å². The van der Waals surface area contributed by atoms with Crippen LogP contribution < -0.4 is 5.32 Å². The van der Waals surface area contributed by atoms with Gasteiger partial charge in [0.05, 0.1) is 12.1 Å². The Bertz CT molecular complexity index is 990. The van der Waals surface area contributed by atoms with Crippen LogP contribution in [0, 0.1) is 0 Å². The first-order chi connectivity index (χ1) is 13.0. The Hall–Kier alpha value is -2.90. The van der Waals surface area contributed by atoms with Crippen molar-refractivity contribution >= 4 is 17.2 Å². The van der Waals surface area contributed by atoms with Gasteiger partial charge in [-0.25, -0.2) is 15.0 Å². The van der Waals surface area contributed by atoms with E-state index in [1.54, 1.807) is 12.4 Å². The lowest BCUT2D eigenvalue weighted by molar-refractivity contribution is -0.131. The van der Waals surface area contributed by atoms with Crippen LogP contribution in [0.4, 0.5) is 19.1 Å². The van der Waals surface area contributed by atoms with Gasteiger partial charge in [-0.1, -0.05) is 6.08 Å². The van der Waals surface area contributed by atoms with Crippen LogP contribution in [0.2, 0.25) is 0 Å². The first-order valence-electron chi connectivity index (χ1n) is 8.80. The number of alkyl halides is 3. The van der Waals surface area contributed by atoms with Crippen molar-refractivity contribution in [3.05, 3.63) is 59.8 Å². The number of pyridine rings is 1. The summed E-state index contributed by atoms with van der Waals surface area (Å²) in [5.41, 5.74) is 4.72. The summed E-state index contributed by atoms with van der Waals surface area (Å²) in [6.07, 6.45) is 7.02. The van der Waals surface area contributed by atoms with Crippen molar-refractivity contribution in [2.75, 3.05) is 11.9 Å². The zero-order chi connectivity index (χ0) is 18.9. The number of nitrogens with one attached hydrogen (secondary N) is 1. The summed E-state index contributed by atoms with van der Waals surface area (Å²) >= 11 is 0. The van der Waals surface area contributed by atoms with Crippen LogP contribution >= 0.6 is 0 Å². The normalized spacial score (nSPS) is 14.6. The van der Waals surface area contributed by atoms with E-state index in [1.165, 1.54) is 0 Å². The van der Waals surface area contributed by atoms with Gasteiger partial charge >= 0.3 is 6.18 Å². The minimum atomic E-state index is -4.19. The molecular weight excluding hydrogens is 355 g/mol. The van der Waals surface area contributed by atoms with Crippen LogP contribution in [-0.4, -0.2) is 32.1 Å². The number of allylic oxidation sites excluding steroid dienone is 1. The Morgan fingerprint density at radius 2 is 2.07 bits per heavy atom. The Kier molecular flexibility index (Phi) is 4.55. The fourth-order valence-corrected chi connectivity index (χ4v) is 3.21. The fraction of sp³-hybridized carbons (Fsp3) is 0.316. The van der Waals surface area contributed by atoms with Crippen LogP contribution in [0.15, 0.2) is 43.0 Å². The van der Waals surface area contributed by atoms with Crippen molar-refractivity contribution in [3.63, 3.8) is 0 Å². The SMILES string of the molecule is FC(F)(F)CCNc1ncc2c(n1)CCCC=C2c1ccc2nccn2c1. The highest BCUT2D eigenvalue weighted by Gasteiger charge is 2.26. The molecule has 0 atom stereocenters. The van der Waals surface area contributed by atoms with E-state index in [2.05, 4.69) is 26.3 Å². The van der Waals surface area contributed by atoms with Gasteiger partial charge in [0, 0.05) is 36.9 Å². The average Bonchev–Trinajstić information content (AvgIpc) is 2.99. The van der Waals surface area contributed by atoms with E-state index >= 15 is 0 Å². The molecule has 0 amide bonds. The Labute approximate surface area is 154 Å². The maximum Gasteiger partial charge on any atom is 0.390 e. The molecule has 0 fully saturated rings. The fourth-order valence-electron chi connectivity index (χ4n) is 3.21. The monoisotopic (exact) mass is 373 g/mol. The zero-order valence-electron chi connectivity index (χ0n) is 14.5. The van der Waals surface area contributed by atoms with Gasteiger partial charge in [-0.05, 0) is 42.5 Å². The maximum atomic E-state index is 12.3. The molecule has 4 rings (SSSR count). The van der Waals surface area contributed by atoms with Gasteiger partial charge in [-0.2, -0.15) is 13.2 Å². The number of aryl methyl sites for hydroxylation is 1. The van der Waals surface area contributed by atoms with E-state index in [-0.39, 0.29) is 12.5 Å². The first-order valence-corrected chi connectivity index (χ1v) is 8.80. The van der Waals surface area contributed by atoms with Gasteiger partial charge in [-0.15, -0.1) is 0 Å². The molecule has 0 saturated carbocycles. The molecule has 27 heavy (non-hydrogen) atoms. The molecule has 0 bridgehead atoms. The molecule has 0 unspecified atom stereocenters. The lowest BCUT2D eigenvalue weighted by Crippen LogP contribution is -2.16. The predicted molar refractivity (Wildman–Crippen MR) is 96.4 cm³/mol. The van der Waals surface area contributed by atoms with Crippen molar-refractivity contribution in [1.29, 1.82) is 0 Å². The Morgan fingerprint density at radius 1 is 1.19 bits per heavy atom. The van der Waals surface area contributed by atoms with Gasteiger partial charge in [0.2, 0.25) is 5.95 Å². The van der Waals surface area contributed by atoms with Crippen LogP contribution in [0.1, 0.15) is 36.1 Å². The molecule has 0 saturated heterocycles. The third kappa shape index (κ3) is 3.94. The van der Waals surface area contributed by atoms with Gasteiger partial charge in [0.15, 0.2) is 0 Å². The molecule has 8 heteroatoms. The number of fused-ring (bicyclic) bond motifs is 2. The van der Waals surface area contributed by atoms with E-state index < -0.39 is 12.6 Å². The zero-order valence-corrected chi connectivity index (χ0v) is 14.5. The number of rotatable bonds is 4. The lowest BCUT2D eigenvalue weighted by atomic mass is 9.99. The van der Waals surface area contributed by atoms with E-state index in [0.29, 0.717) is 0 Å². The van der Waals surface area contributed by atoms with Gasteiger partial charge in [0.1, 0.15) is 5.65 Å². The minimum absolute atomic E-state index is 0.234. The molecule has 0 aromatic carbocycles. The van der Waals surface area contributed by atoms with Crippen molar-refractivity contribution < 1.29 is 13.2 Å². The van der Waals surface area contributed by atoms with Crippen LogP contribution in [0.5, 0.6) is 0 Å². The number of halogens is 3. The standard InChI is InChI=1S/C19H18F3N5/c20-19(21,22)7-8-24-18-25-11-15-14(3-1-2-4-16(15)26-18)13-5-6-17-23-9-10-27(17)12-13/h3,5-6,9-12H,1-2,4,7-8H2,(H,24,25,26). The molecule has 0 aliphatic heterocycles. The minimum Gasteiger partial charge on any atom is -0.354 e. The average molecular weight is 373 g/mol. The molecule has 1 N–H and O–H groups in total.